The van der Waals surface area contributed by atoms with E-state index in [0.717, 1.165) is 16.0 Å². The summed E-state index contributed by atoms with van der Waals surface area (Å²) >= 11 is 7.38. The zero-order valence-corrected chi connectivity index (χ0v) is 27.2. The number of para-hydroxylation sites is 2. The van der Waals surface area contributed by atoms with Gasteiger partial charge in [0.2, 0.25) is 11.8 Å². The van der Waals surface area contributed by atoms with Crippen LogP contribution in [-0.2, 0) is 9.59 Å². The molecule has 0 saturated heterocycles. The third kappa shape index (κ3) is 8.19. The van der Waals surface area contributed by atoms with Crippen LogP contribution >= 0.6 is 23.4 Å². The second-order valence-corrected chi connectivity index (χ2v) is 12.6. The van der Waals surface area contributed by atoms with Gasteiger partial charge in [0.15, 0.2) is 5.58 Å². The maximum absolute atomic E-state index is 13.5. The lowest BCUT2D eigenvalue weighted by Crippen LogP contribution is -2.30. The van der Waals surface area contributed by atoms with Crippen LogP contribution in [-0.4, -0.2) is 28.0 Å². The maximum atomic E-state index is 13.5. The van der Waals surface area contributed by atoms with Crippen LogP contribution in [0.25, 0.3) is 28.6 Å². The number of nitrogens with zero attached hydrogens (tertiary/aromatic N) is 1. The van der Waals surface area contributed by atoms with Crippen molar-refractivity contribution in [3.05, 3.63) is 149 Å². The monoisotopic (exact) mass is 672 g/mol. The number of benzene rings is 5. The number of hydrogen-bond acceptors (Lipinski definition) is 6. The van der Waals surface area contributed by atoms with Crippen LogP contribution < -0.4 is 16.0 Å². The smallest absolute Gasteiger partial charge is 0.272 e. The number of nitrogens with one attached hydrogen (secondary N) is 3. The summed E-state index contributed by atoms with van der Waals surface area (Å²) < 4.78 is 5.84. The molecule has 0 fully saturated rings. The second kappa shape index (κ2) is 14.8. The SMILES string of the molecule is CC(Sc1cccc(NC(=O)/C(=C/c2ccc(Cl)cc2)NC(=O)c2ccccc2)c1)C(=O)Nc1ccc(-c2nc3ccccc3o2)cc1. The molecule has 0 saturated carbocycles. The first-order chi connectivity index (χ1) is 23.3. The van der Waals surface area contributed by atoms with Gasteiger partial charge in [-0.3, -0.25) is 14.4 Å². The van der Waals surface area contributed by atoms with Crippen molar-refractivity contribution >= 4 is 69.6 Å². The van der Waals surface area contributed by atoms with Crippen molar-refractivity contribution in [1.82, 2.24) is 10.3 Å². The van der Waals surface area contributed by atoms with Crippen molar-refractivity contribution in [3.63, 3.8) is 0 Å². The third-order valence-corrected chi connectivity index (χ3v) is 8.52. The van der Waals surface area contributed by atoms with E-state index in [9.17, 15) is 14.4 Å². The fourth-order valence-electron chi connectivity index (χ4n) is 4.71. The Morgan fingerprint density at radius 1 is 0.792 bits per heavy atom. The molecule has 3 amide bonds. The highest BCUT2D eigenvalue weighted by Crippen LogP contribution is 2.28. The summed E-state index contributed by atoms with van der Waals surface area (Å²) in [5, 5.41) is 8.65. The number of rotatable bonds is 10. The third-order valence-electron chi connectivity index (χ3n) is 7.18. The average molecular weight is 673 g/mol. The van der Waals surface area contributed by atoms with Crippen LogP contribution in [0.15, 0.2) is 142 Å². The first-order valence-corrected chi connectivity index (χ1v) is 16.2. The Hall–Kier alpha value is -5.64. The van der Waals surface area contributed by atoms with Crippen LogP contribution in [0, 0.1) is 0 Å². The number of hydrogen-bond donors (Lipinski definition) is 3. The molecule has 0 aliphatic heterocycles. The quantitative estimate of drug-likeness (QED) is 0.0991. The van der Waals surface area contributed by atoms with Gasteiger partial charge < -0.3 is 20.4 Å². The summed E-state index contributed by atoms with van der Waals surface area (Å²) in [6.45, 7) is 1.81. The van der Waals surface area contributed by atoms with Crippen LogP contribution in [0.2, 0.25) is 5.02 Å². The summed E-state index contributed by atoms with van der Waals surface area (Å²) in [7, 11) is 0. The summed E-state index contributed by atoms with van der Waals surface area (Å²) in [6.07, 6.45) is 1.58. The van der Waals surface area contributed by atoms with Gasteiger partial charge in [0.25, 0.3) is 11.8 Å². The minimum absolute atomic E-state index is 0.0547. The minimum atomic E-state index is -0.511. The highest BCUT2D eigenvalue weighted by molar-refractivity contribution is 8.00. The Kier molecular flexibility index (Phi) is 9.99. The van der Waals surface area contributed by atoms with Crippen LogP contribution in [0.5, 0.6) is 0 Å². The van der Waals surface area contributed by atoms with Crippen molar-refractivity contribution in [2.75, 3.05) is 10.6 Å². The largest absolute Gasteiger partial charge is 0.436 e. The lowest BCUT2D eigenvalue weighted by molar-refractivity contribution is -0.115. The zero-order chi connectivity index (χ0) is 33.5. The van der Waals surface area contributed by atoms with Crippen molar-refractivity contribution < 1.29 is 18.8 Å². The Balaban J connectivity index is 1.10. The molecular weight excluding hydrogens is 644 g/mol. The molecule has 8 nitrogen and oxygen atoms in total. The molecule has 1 heterocycles. The summed E-state index contributed by atoms with van der Waals surface area (Å²) in [5.74, 6) is -0.601. The molecular formula is C38H29ClN4O4S. The number of anilines is 2. The predicted octanol–water partition coefficient (Wildman–Crippen LogP) is 8.68. The summed E-state index contributed by atoms with van der Waals surface area (Å²) in [4.78, 5) is 44.8. The van der Waals surface area contributed by atoms with Gasteiger partial charge in [0.1, 0.15) is 11.2 Å². The Labute approximate surface area is 286 Å². The highest BCUT2D eigenvalue weighted by atomic mass is 35.5. The van der Waals surface area contributed by atoms with E-state index in [2.05, 4.69) is 20.9 Å². The second-order valence-electron chi connectivity index (χ2n) is 10.7. The van der Waals surface area contributed by atoms with Gasteiger partial charge in [-0.05, 0) is 97.4 Å². The highest BCUT2D eigenvalue weighted by Gasteiger charge is 2.18. The first-order valence-electron chi connectivity index (χ1n) is 15.0. The van der Waals surface area contributed by atoms with E-state index >= 15 is 0 Å². The van der Waals surface area contributed by atoms with Gasteiger partial charge in [-0.1, -0.05) is 60.1 Å². The van der Waals surface area contributed by atoms with Crippen molar-refractivity contribution in [2.45, 2.75) is 17.1 Å². The topological polar surface area (TPSA) is 113 Å². The van der Waals surface area contributed by atoms with Crippen LogP contribution in [0.1, 0.15) is 22.8 Å². The molecule has 10 heteroatoms. The number of fused-ring (bicyclic) bond motifs is 1. The molecule has 1 atom stereocenters. The molecule has 0 aliphatic rings. The predicted molar refractivity (Wildman–Crippen MR) is 192 cm³/mol. The maximum Gasteiger partial charge on any atom is 0.272 e. The van der Waals surface area contributed by atoms with E-state index < -0.39 is 17.1 Å². The van der Waals surface area contributed by atoms with Crippen LogP contribution in [0.3, 0.4) is 0 Å². The number of halogens is 1. The van der Waals surface area contributed by atoms with Crippen molar-refractivity contribution in [3.8, 4) is 11.5 Å². The summed E-state index contributed by atoms with van der Waals surface area (Å²) in [5.41, 5.74) is 4.60. The zero-order valence-electron chi connectivity index (χ0n) is 25.6. The number of carbonyl (C=O) groups is 3. The van der Waals surface area contributed by atoms with Gasteiger partial charge in [-0.2, -0.15) is 0 Å². The summed E-state index contributed by atoms with van der Waals surface area (Å²) in [6, 6.07) is 37.6. The first kappa shape index (κ1) is 32.3. The number of aromatic nitrogens is 1. The lowest BCUT2D eigenvalue weighted by atomic mass is 10.1. The molecule has 6 rings (SSSR count). The fourth-order valence-corrected chi connectivity index (χ4v) is 5.76. The van der Waals surface area contributed by atoms with Gasteiger partial charge in [0.05, 0.1) is 5.25 Å². The minimum Gasteiger partial charge on any atom is -0.436 e. The van der Waals surface area contributed by atoms with E-state index in [4.69, 9.17) is 16.0 Å². The molecule has 1 aromatic heterocycles. The molecule has 6 aromatic rings. The molecule has 1 unspecified atom stereocenters. The lowest BCUT2D eigenvalue weighted by Gasteiger charge is -2.14. The van der Waals surface area contributed by atoms with Crippen molar-refractivity contribution in [2.24, 2.45) is 0 Å². The molecule has 48 heavy (non-hydrogen) atoms. The number of thioether (sulfide) groups is 1. The van der Waals surface area contributed by atoms with E-state index in [1.165, 1.54) is 11.8 Å². The number of amides is 3. The molecule has 0 radical (unpaired) electrons. The van der Waals surface area contributed by atoms with Crippen molar-refractivity contribution in [1.29, 1.82) is 0 Å². The fraction of sp³-hybridized carbons (Fsp3) is 0.0526. The number of carbonyl (C=O) groups excluding carboxylic acids is 3. The van der Waals surface area contributed by atoms with Gasteiger partial charge in [0, 0.05) is 32.4 Å². The average Bonchev–Trinajstić information content (AvgIpc) is 3.54. The van der Waals surface area contributed by atoms with Gasteiger partial charge in [-0.15, -0.1) is 11.8 Å². The Morgan fingerprint density at radius 3 is 2.27 bits per heavy atom. The number of oxazole rings is 1. The molecule has 3 N–H and O–H groups in total. The van der Waals surface area contributed by atoms with E-state index in [1.54, 1.807) is 84.9 Å². The standard InChI is InChI=1S/C38H29ClN4O4S/c1-24(35(44)40-29-20-16-27(17-21-29)38-43-32-12-5-6-13-34(32)47-38)48-31-11-7-10-30(23-31)41-37(46)33(22-25-14-18-28(39)19-15-25)42-36(45)26-8-3-2-4-9-26/h2-24H,1H3,(H,40,44)(H,41,46)(H,42,45)/b33-22-. The Bertz CT molecular complexity index is 2080. The molecule has 5 aromatic carbocycles. The van der Waals surface area contributed by atoms with Crippen LogP contribution in [0.4, 0.5) is 11.4 Å². The normalized spacial score (nSPS) is 11.9. The van der Waals surface area contributed by atoms with E-state index in [1.807, 2.05) is 55.5 Å². The van der Waals surface area contributed by atoms with E-state index in [0.29, 0.717) is 39.0 Å². The molecule has 0 spiro atoms. The van der Waals surface area contributed by atoms with Gasteiger partial charge in [-0.25, -0.2) is 4.98 Å². The molecule has 0 bridgehead atoms. The molecule has 0 aliphatic carbocycles. The molecule has 238 valence electrons. The Morgan fingerprint density at radius 2 is 1.52 bits per heavy atom. The van der Waals surface area contributed by atoms with E-state index in [-0.39, 0.29) is 11.6 Å². The van der Waals surface area contributed by atoms with Gasteiger partial charge >= 0.3 is 0 Å².